The zero-order valence-electron chi connectivity index (χ0n) is 17.3. The normalized spacial score (nSPS) is 17.2. The van der Waals surface area contributed by atoms with Crippen molar-refractivity contribution in [2.24, 2.45) is 0 Å². The van der Waals surface area contributed by atoms with Crippen molar-refractivity contribution in [1.29, 1.82) is 0 Å². The molecule has 1 amide bonds. The smallest absolute Gasteiger partial charge is 0.339 e. The fraction of sp³-hybridized carbons (Fsp3) is 0.348. The van der Waals surface area contributed by atoms with Gasteiger partial charge in [-0.3, -0.25) is 4.79 Å². The molecule has 0 saturated heterocycles. The number of carbonyl (C=O) groups excluding carboxylic acids is 2. The molecule has 0 radical (unpaired) electrons. The maximum absolute atomic E-state index is 13.2. The Hall–Kier alpha value is -3.26. The predicted octanol–water partition coefficient (Wildman–Crippen LogP) is 4.29. The van der Waals surface area contributed by atoms with Crippen LogP contribution in [0.5, 0.6) is 0 Å². The van der Waals surface area contributed by atoms with E-state index in [1.807, 2.05) is 18.2 Å². The Labute approximate surface area is 189 Å². The van der Waals surface area contributed by atoms with E-state index in [2.05, 4.69) is 25.9 Å². The SMILES string of the molecule is O=C(OC1CCCC1)c1ccc(NC(=O)C2(c3cccc(Cl)c3)CC2)cc1-c1nnn[nH]1. The number of nitrogens with one attached hydrogen (secondary N) is 2. The largest absolute Gasteiger partial charge is 0.459 e. The minimum Gasteiger partial charge on any atom is -0.459 e. The Kier molecular flexibility index (Phi) is 5.38. The van der Waals surface area contributed by atoms with E-state index in [0.29, 0.717) is 27.7 Å². The topological polar surface area (TPSA) is 110 Å². The molecule has 5 rings (SSSR count). The quantitative estimate of drug-likeness (QED) is 0.541. The summed E-state index contributed by atoms with van der Waals surface area (Å²) < 4.78 is 5.67. The summed E-state index contributed by atoms with van der Waals surface area (Å²) in [6, 6.07) is 12.4. The molecule has 1 heterocycles. The van der Waals surface area contributed by atoms with Crippen molar-refractivity contribution in [1.82, 2.24) is 20.6 Å². The zero-order valence-corrected chi connectivity index (χ0v) is 18.1. The summed E-state index contributed by atoms with van der Waals surface area (Å²) in [6.45, 7) is 0. The van der Waals surface area contributed by atoms with Gasteiger partial charge in [0.2, 0.25) is 5.91 Å². The molecule has 164 valence electrons. The van der Waals surface area contributed by atoms with Crippen molar-refractivity contribution in [3.63, 3.8) is 0 Å². The zero-order chi connectivity index (χ0) is 22.1. The summed E-state index contributed by atoms with van der Waals surface area (Å²) in [6.07, 6.45) is 5.34. The van der Waals surface area contributed by atoms with Gasteiger partial charge in [-0.2, -0.15) is 0 Å². The highest BCUT2D eigenvalue weighted by atomic mass is 35.5. The molecule has 2 saturated carbocycles. The summed E-state index contributed by atoms with van der Waals surface area (Å²) >= 11 is 6.13. The molecule has 9 heteroatoms. The fourth-order valence-corrected chi connectivity index (χ4v) is 4.49. The molecule has 2 N–H and O–H groups in total. The van der Waals surface area contributed by atoms with Gasteiger partial charge in [-0.1, -0.05) is 23.7 Å². The van der Waals surface area contributed by atoms with E-state index in [1.165, 1.54) is 0 Å². The Morgan fingerprint density at radius 2 is 1.94 bits per heavy atom. The Morgan fingerprint density at radius 1 is 1.12 bits per heavy atom. The second-order valence-corrected chi connectivity index (χ2v) is 8.81. The van der Waals surface area contributed by atoms with Crippen LogP contribution in [0, 0.1) is 0 Å². The third-order valence-corrected chi connectivity index (χ3v) is 6.47. The lowest BCUT2D eigenvalue weighted by Crippen LogP contribution is -2.28. The van der Waals surface area contributed by atoms with Gasteiger partial charge in [-0.15, -0.1) is 5.10 Å². The lowest BCUT2D eigenvalue weighted by atomic mass is 9.94. The van der Waals surface area contributed by atoms with Crippen molar-refractivity contribution < 1.29 is 14.3 Å². The second kappa shape index (κ2) is 8.35. The molecule has 0 spiro atoms. The number of amides is 1. The van der Waals surface area contributed by atoms with Gasteiger partial charge in [-0.05, 0) is 84.8 Å². The number of tetrazole rings is 1. The maximum Gasteiger partial charge on any atom is 0.339 e. The lowest BCUT2D eigenvalue weighted by Gasteiger charge is -2.17. The number of hydrogen-bond donors (Lipinski definition) is 2. The number of carbonyl (C=O) groups is 2. The van der Waals surface area contributed by atoms with Gasteiger partial charge >= 0.3 is 5.97 Å². The van der Waals surface area contributed by atoms with Crippen LogP contribution in [0.2, 0.25) is 5.02 Å². The van der Waals surface area contributed by atoms with E-state index in [1.54, 1.807) is 24.3 Å². The standard InChI is InChI=1S/C23H22ClN5O3/c24-15-5-3-4-14(12-15)23(10-11-23)22(31)25-16-8-9-18(19(13-16)20-26-28-29-27-20)21(30)32-17-6-1-2-7-17/h3-5,8-9,12-13,17H,1-2,6-7,10-11H2,(H,25,31)(H,26,27,28,29). The van der Waals surface area contributed by atoms with E-state index < -0.39 is 11.4 Å². The van der Waals surface area contributed by atoms with Crippen LogP contribution in [-0.4, -0.2) is 38.6 Å². The highest BCUT2D eigenvalue weighted by molar-refractivity contribution is 6.30. The van der Waals surface area contributed by atoms with Crippen LogP contribution in [0.15, 0.2) is 42.5 Å². The van der Waals surface area contributed by atoms with E-state index >= 15 is 0 Å². The number of aromatic nitrogens is 4. The monoisotopic (exact) mass is 451 g/mol. The number of esters is 1. The molecule has 8 nitrogen and oxygen atoms in total. The van der Waals surface area contributed by atoms with Crippen LogP contribution in [0.4, 0.5) is 5.69 Å². The summed E-state index contributed by atoms with van der Waals surface area (Å²) in [5, 5.41) is 17.5. The molecule has 1 aromatic heterocycles. The van der Waals surface area contributed by atoms with Gasteiger partial charge in [0.05, 0.1) is 11.0 Å². The van der Waals surface area contributed by atoms with Gasteiger partial charge in [-0.25, -0.2) is 9.89 Å². The minimum atomic E-state index is -0.584. The molecular formula is C23H22ClN5O3. The first-order valence-electron chi connectivity index (χ1n) is 10.7. The van der Waals surface area contributed by atoms with Crippen molar-refractivity contribution in [2.75, 3.05) is 5.32 Å². The van der Waals surface area contributed by atoms with Gasteiger partial charge in [0.1, 0.15) is 6.10 Å². The number of nitrogens with zero attached hydrogens (tertiary/aromatic N) is 3. The van der Waals surface area contributed by atoms with Gasteiger partial charge in [0.15, 0.2) is 5.82 Å². The minimum absolute atomic E-state index is 0.0602. The average Bonchev–Trinajstić information content (AvgIpc) is 3.16. The third-order valence-electron chi connectivity index (χ3n) is 6.24. The number of rotatable bonds is 6. The summed E-state index contributed by atoms with van der Waals surface area (Å²) in [7, 11) is 0. The molecule has 2 fully saturated rings. The van der Waals surface area contributed by atoms with E-state index in [-0.39, 0.29) is 12.0 Å². The first-order chi connectivity index (χ1) is 15.5. The lowest BCUT2D eigenvalue weighted by molar-refractivity contribution is -0.118. The first kappa shape index (κ1) is 20.6. The Morgan fingerprint density at radius 3 is 2.62 bits per heavy atom. The predicted molar refractivity (Wildman–Crippen MR) is 118 cm³/mol. The number of benzene rings is 2. The number of hydrogen-bond acceptors (Lipinski definition) is 6. The van der Waals surface area contributed by atoms with Crippen LogP contribution in [0.1, 0.15) is 54.4 Å². The number of aromatic amines is 1. The van der Waals surface area contributed by atoms with Crippen molar-refractivity contribution in [2.45, 2.75) is 50.0 Å². The molecule has 2 aliphatic rings. The highest BCUT2D eigenvalue weighted by Gasteiger charge is 2.51. The number of ether oxygens (including phenoxy) is 1. The molecule has 0 aliphatic heterocycles. The fourth-order valence-electron chi connectivity index (χ4n) is 4.30. The molecular weight excluding hydrogens is 430 g/mol. The van der Waals surface area contributed by atoms with Crippen molar-refractivity contribution >= 4 is 29.2 Å². The number of H-pyrrole nitrogens is 1. The van der Waals surface area contributed by atoms with Crippen LogP contribution < -0.4 is 5.32 Å². The maximum atomic E-state index is 13.2. The molecule has 2 aliphatic carbocycles. The van der Waals surface area contributed by atoms with E-state index in [9.17, 15) is 9.59 Å². The molecule has 32 heavy (non-hydrogen) atoms. The Bertz CT molecular complexity index is 1150. The molecule has 0 atom stereocenters. The summed E-state index contributed by atoms with van der Waals surface area (Å²) in [5.41, 5.74) is 1.69. The van der Waals surface area contributed by atoms with Gasteiger partial charge in [0, 0.05) is 16.3 Å². The van der Waals surface area contributed by atoms with Gasteiger partial charge in [0.25, 0.3) is 0 Å². The van der Waals surface area contributed by atoms with Crippen LogP contribution >= 0.6 is 11.6 Å². The van der Waals surface area contributed by atoms with Crippen LogP contribution in [-0.2, 0) is 14.9 Å². The third kappa shape index (κ3) is 3.98. The first-order valence-corrected chi connectivity index (χ1v) is 11.1. The number of halogens is 1. The Balaban J connectivity index is 1.41. The van der Waals surface area contributed by atoms with E-state index in [4.69, 9.17) is 16.3 Å². The molecule has 2 aromatic carbocycles. The summed E-state index contributed by atoms with van der Waals surface area (Å²) in [5.74, 6) is -0.197. The summed E-state index contributed by atoms with van der Waals surface area (Å²) in [4.78, 5) is 26.0. The highest BCUT2D eigenvalue weighted by Crippen LogP contribution is 2.49. The van der Waals surface area contributed by atoms with Crippen molar-refractivity contribution in [3.8, 4) is 11.4 Å². The molecule has 0 bridgehead atoms. The van der Waals surface area contributed by atoms with Gasteiger partial charge < -0.3 is 10.1 Å². The second-order valence-electron chi connectivity index (χ2n) is 8.37. The molecule has 0 unspecified atom stereocenters. The van der Waals surface area contributed by atoms with Crippen LogP contribution in [0.3, 0.4) is 0 Å². The average molecular weight is 452 g/mol. The molecule has 3 aromatic rings. The van der Waals surface area contributed by atoms with E-state index in [0.717, 1.165) is 44.1 Å². The van der Waals surface area contributed by atoms with Crippen molar-refractivity contribution in [3.05, 3.63) is 58.6 Å². The van der Waals surface area contributed by atoms with Crippen LogP contribution in [0.25, 0.3) is 11.4 Å². The number of anilines is 1.